The minimum absolute atomic E-state index is 0.0796. The van der Waals surface area contributed by atoms with Gasteiger partial charge in [-0.1, -0.05) is 18.2 Å². The third-order valence-corrected chi connectivity index (χ3v) is 4.93. The Balaban J connectivity index is 1.59. The number of para-hydroxylation sites is 1. The molecule has 1 saturated heterocycles. The van der Waals surface area contributed by atoms with Gasteiger partial charge in [-0.25, -0.2) is 4.79 Å². The number of amides is 3. The quantitative estimate of drug-likeness (QED) is 0.879. The summed E-state index contributed by atoms with van der Waals surface area (Å²) in [5.41, 5.74) is 2.12. The Morgan fingerprint density at radius 3 is 2.92 bits per heavy atom. The molecular formula is C18H25N3O3. The summed E-state index contributed by atoms with van der Waals surface area (Å²) in [4.78, 5) is 28.6. The first-order chi connectivity index (χ1) is 11.6. The van der Waals surface area contributed by atoms with Gasteiger partial charge in [0.25, 0.3) is 0 Å². The third kappa shape index (κ3) is 3.38. The monoisotopic (exact) mass is 331 g/mol. The number of urea groups is 1. The zero-order valence-corrected chi connectivity index (χ0v) is 14.1. The molecule has 0 saturated carbocycles. The SMILES string of the molecule is C[C@H](NC(=O)N1CCC[C@@H](CO)C1)C(=O)N1CCc2ccccc21. The number of likely N-dealkylation sites (tertiary alicyclic amines) is 1. The van der Waals surface area contributed by atoms with E-state index in [2.05, 4.69) is 5.32 Å². The molecule has 1 fully saturated rings. The average Bonchev–Trinajstić information content (AvgIpc) is 3.05. The van der Waals surface area contributed by atoms with E-state index >= 15 is 0 Å². The van der Waals surface area contributed by atoms with E-state index in [4.69, 9.17) is 0 Å². The van der Waals surface area contributed by atoms with Gasteiger partial charge in [0.15, 0.2) is 0 Å². The molecule has 0 radical (unpaired) electrons. The van der Waals surface area contributed by atoms with Gasteiger partial charge in [0.2, 0.25) is 5.91 Å². The number of aliphatic hydroxyl groups is 1. The summed E-state index contributed by atoms with van der Waals surface area (Å²) in [6, 6.07) is 7.10. The average molecular weight is 331 g/mol. The van der Waals surface area contributed by atoms with Gasteiger partial charge in [-0.2, -0.15) is 0 Å². The molecule has 2 N–H and O–H groups in total. The van der Waals surface area contributed by atoms with Crippen molar-refractivity contribution in [3.05, 3.63) is 29.8 Å². The lowest BCUT2D eigenvalue weighted by Gasteiger charge is -2.33. The molecule has 6 heteroatoms. The van der Waals surface area contributed by atoms with Crippen molar-refractivity contribution in [2.24, 2.45) is 5.92 Å². The van der Waals surface area contributed by atoms with Gasteiger partial charge < -0.3 is 20.2 Å². The maximum Gasteiger partial charge on any atom is 0.318 e. The van der Waals surface area contributed by atoms with E-state index in [1.54, 1.807) is 16.7 Å². The molecule has 6 nitrogen and oxygen atoms in total. The van der Waals surface area contributed by atoms with E-state index in [9.17, 15) is 14.7 Å². The minimum atomic E-state index is -0.571. The van der Waals surface area contributed by atoms with Crippen LogP contribution < -0.4 is 10.2 Å². The van der Waals surface area contributed by atoms with Crippen molar-refractivity contribution < 1.29 is 14.7 Å². The maximum atomic E-state index is 12.7. The van der Waals surface area contributed by atoms with Crippen LogP contribution in [0.4, 0.5) is 10.5 Å². The minimum Gasteiger partial charge on any atom is -0.396 e. The standard InChI is InChI=1S/C18H25N3O3/c1-13(19-18(24)20-9-4-5-14(11-20)12-22)17(23)21-10-8-15-6-2-3-7-16(15)21/h2-3,6-7,13-14,22H,4-5,8-12H2,1H3,(H,19,24)/t13-,14+/m0/s1. The van der Waals surface area contributed by atoms with Crippen molar-refractivity contribution in [3.63, 3.8) is 0 Å². The lowest BCUT2D eigenvalue weighted by Crippen LogP contribution is -2.53. The van der Waals surface area contributed by atoms with Crippen molar-refractivity contribution in [3.8, 4) is 0 Å². The molecular weight excluding hydrogens is 306 g/mol. The van der Waals surface area contributed by atoms with Gasteiger partial charge in [0, 0.05) is 31.9 Å². The van der Waals surface area contributed by atoms with E-state index < -0.39 is 6.04 Å². The van der Waals surface area contributed by atoms with Crippen molar-refractivity contribution in [1.29, 1.82) is 0 Å². The number of piperidine rings is 1. The maximum absolute atomic E-state index is 12.7. The van der Waals surface area contributed by atoms with Crippen molar-refractivity contribution >= 4 is 17.6 Å². The summed E-state index contributed by atoms with van der Waals surface area (Å²) >= 11 is 0. The van der Waals surface area contributed by atoms with Crippen LogP contribution in [0, 0.1) is 5.92 Å². The molecule has 2 aliphatic rings. The molecule has 24 heavy (non-hydrogen) atoms. The van der Waals surface area contributed by atoms with Crippen LogP contribution in [0.25, 0.3) is 0 Å². The fourth-order valence-corrected chi connectivity index (χ4v) is 3.54. The van der Waals surface area contributed by atoms with Crippen molar-refractivity contribution in [2.75, 3.05) is 31.1 Å². The first-order valence-electron chi connectivity index (χ1n) is 8.65. The predicted molar refractivity (Wildman–Crippen MR) is 91.9 cm³/mol. The Bertz CT molecular complexity index is 619. The molecule has 1 aromatic carbocycles. The molecule has 3 rings (SSSR count). The Morgan fingerprint density at radius 2 is 2.12 bits per heavy atom. The molecule has 0 bridgehead atoms. The van der Waals surface area contributed by atoms with Crippen LogP contribution in [-0.2, 0) is 11.2 Å². The molecule has 2 heterocycles. The highest BCUT2D eigenvalue weighted by atomic mass is 16.3. The normalized spacial score (nSPS) is 21.3. The Hall–Kier alpha value is -2.08. The molecule has 3 amide bonds. The Morgan fingerprint density at radius 1 is 1.33 bits per heavy atom. The Labute approximate surface area is 142 Å². The highest BCUT2D eigenvalue weighted by Crippen LogP contribution is 2.27. The number of benzene rings is 1. The topological polar surface area (TPSA) is 72.9 Å². The second-order valence-electron chi connectivity index (χ2n) is 6.68. The number of aliphatic hydroxyl groups excluding tert-OH is 1. The van der Waals surface area contributed by atoms with E-state index in [0.29, 0.717) is 19.6 Å². The van der Waals surface area contributed by atoms with Crippen LogP contribution >= 0.6 is 0 Å². The summed E-state index contributed by atoms with van der Waals surface area (Å²) < 4.78 is 0. The van der Waals surface area contributed by atoms with E-state index in [0.717, 1.165) is 24.9 Å². The zero-order valence-electron chi connectivity index (χ0n) is 14.1. The summed E-state index contributed by atoms with van der Waals surface area (Å²) in [6.07, 6.45) is 2.69. The second-order valence-corrected chi connectivity index (χ2v) is 6.68. The first kappa shape index (κ1) is 16.8. The van der Waals surface area contributed by atoms with Gasteiger partial charge in [0.1, 0.15) is 6.04 Å². The van der Waals surface area contributed by atoms with Gasteiger partial charge in [0.05, 0.1) is 0 Å². The smallest absolute Gasteiger partial charge is 0.318 e. The number of fused-ring (bicyclic) bond motifs is 1. The van der Waals surface area contributed by atoms with Crippen LogP contribution in [0.5, 0.6) is 0 Å². The van der Waals surface area contributed by atoms with Crippen molar-refractivity contribution in [2.45, 2.75) is 32.2 Å². The van der Waals surface area contributed by atoms with Gasteiger partial charge in [-0.15, -0.1) is 0 Å². The van der Waals surface area contributed by atoms with Crippen LogP contribution in [0.3, 0.4) is 0 Å². The lowest BCUT2D eigenvalue weighted by molar-refractivity contribution is -0.120. The Kier molecular flexibility index (Phi) is 5.04. The molecule has 0 unspecified atom stereocenters. The fraction of sp³-hybridized carbons (Fsp3) is 0.556. The van der Waals surface area contributed by atoms with Crippen LogP contribution in [0.15, 0.2) is 24.3 Å². The second kappa shape index (κ2) is 7.21. The van der Waals surface area contributed by atoms with E-state index in [1.165, 1.54) is 5.56 Å². The van der Waals surface area contributed by atoms with Crippen molar-refractivity contribution in [1.82, 2.24) is 10.2 Å². The molecule has 0 aliphatic carbocycles. The number of carbonyl (C=O) groups is 2. The molecule has 2 aliphatic heterocycles. The molecule has 0 spiro atoms. The summed E-state index contributed by atoms with van der Waals surface area (Å²) in [5.74, 6) is 0.0602. The molecule has 0 aromatic heterocycles. The number of carbonyl (C=O) groups excluding carboxylic acids is 2. The molecule has 130 valence electrons. The van der Waals surface area contributed by atoms with E-state index in [1.807, 2.05) is 24.3 Å². The predicted octanol–water partition coefficient (Wildman–Crippen LogP) is 1.38. The highest BCUT2D eigenvalue weighted by molar-refractivity contribution is 6.00. The summed E-state index contributed by atoms with van der Waals surface area (Å²) in [7, 11) is 0. The van der Waals surface area contributed by atoms with Gasteiger partial charge in [-0.3, -0.25) is 4.79 Å². The molecule has 2 atom stereocenters. The number of hydrogen-bond donors (Lipinski definition) is 2. The van der Waals surface area contributed by atoms with Gasteiger partial charge >= 0.3 is 6.03 Å². The third-order valence-electron chi connectivity index (χ3n) is 4.93. The highest BCUT2D eigenvalue weighted by Gasteiger charge is 2.30. The molecule has 1 aromatic rings. The zero-order chi connectivity index (χ0) is 17.1. The summed E-state index contributed by atoms with van der Waals surface area (Å²) in [5, 5.41) is 12.1. The van der Waals surface area contributed by atoms with Crippen LogP contribution in [0.1, 0.15) is 25.3 Å². The lowest BCUT2D eigenvalue weighted by atomic mass is 9.99. The fourth-order valence-electron chi connectivity index (χ4n) is 3.54. The first-order valence-corrected chi connectivity index (χ1v) is 8.65. The largest absolute Gasteiger partial charge is 0.396 e. The number of rotatable bonds is 3. The summed E-state index contributed by atoms with van der Waals surface area (Å²) in [6.45, 7) is 3.72. The number of nitrogens with zero attached hydrogens (tertiary/aromatic N) is 2. The van der Waals surface area contributed by atoms with Crippen LogP contribution in [0.2, 0.25) is 0 Å². The van der Waals surface area contributed by atoms with E-state index in [-0.39, 0.29) is 24.5 Å². The van der Waals surface area contributed by atoms with Gasteiger partial charge in [-0.05, 0) is 43.7 Å². The number of hydrogen-bond acceptors (Lipinski definition) is 3. The number of anilines is 1. The number of nitrogens with one attached hydrogen (secondary N) is 1. The van der Waals surface area contributed by atoms with Crippen LogP contribution in [-0.4, -0.2) is 54.2 Å².